The van der Waals surface area contributed by atoms with Gasteiger partial charge in [0.25, 0.3) is 0 Å². The van der Waals surface area contributed by atoms with Gasteiger partial charge in [0.1, 0.15) is 12.7 Å². The number of urea groups is 1. The summed E-state index contributed by atoms with van der Waals surface area (Å²) >= 11 is 0. The number of hydrogen-bond acceptors (Lipinski definition) is 8. The second kappa shape index (κ2) is 9.10. The quantitative estimate of drug-likeness (QED) is 0.500. The number of alkyl halides is 3. The van der Waals surface area contributed by atoms with Gasteiger partial charge in [-0.05, 0) is 37.0 Å². The van der Waals surface area contributed by atoms with Crippen LogP contribution in [-0.2, 0) is 14.9 Å². The van der Waals surface area contributed by atoms with E-state index in [1.165, 1.54) is 11.9 Å². The lowest BCUT2D eigenvalue weighted by molar-refractivity contribution is -0.141. The number of amides is 2. The van der Waals surface area contributed by atoms with Crippen LogP contribution < -0.4 is 10.1 Å². The Hall–Kier alpha value is -3.36. The third kappa shape index (κ3) is 4.39. The number of hydrogen-bond donors (Lipinski definition) is 3. The average molecular weight is 551 g/mol. The molecule has 39 heavy (non-hydrogen) atoms. The summed E-state index contributed by atoms with van der Waals surface area (Å²) in [7, 11) is 2.93. The van der Waals surface area contributed by atoms with Crippen LogP contribution in [0, 0.1) is 0 Å². The van der Waals surface area contributed by atoms with Crippen molar-refractivity contribution in [2.45, 2.75) is 48.7 Å². The molecule has 2 aromatic rings. The van der Waals surface area contributed by atoms with Crippen molar-refractivity contribution >= 4 is 17.1 Å². The highest BCUT2D eigenvalue weighted by molar-refractivity contribution is 5.82. The van der Waals surface area contributed by atoms with Crippen LogP contribution in [0.2, 0.25) is 0 Å². The maximum absolute atomic E-state index is 13.2. The van der Waals surface area contributed by atoms with E-state index in [-0.39, 0.29) is 17.2 Å². The zero-order valence-corrected chi connectivity index (χ0v) is 21.4. The van der Waals surface area contributed by atoms with Gasteiger partial charge in [-0.1, -0.05) is 0 Å². The lowest BCUT2D eigenvalue weighted by Crippen LogP contribution is -2.77. The molecule has 0 spiro atoms. The molecule has 0 radical (unpaired) electrons. The molecule has 0 aromatic carbocycles. The number of carbonyl (C=O) groups excluding carboxylic acids is 1. The highest BCUT2D eigenvalue weighted by Gasteiger charge is 2.71. The second-order valence-electron chi connectivity index (χ2n) is 10.8. The second-order valence-corrected chi connectivity index (χ2v) is 10.8. The fourth-order valence-electron chi connectivity index (χ4n) is 5.95. The van der Waals surface area contributed by atoms with Crippen molar-refractivity contribution in [3.63, 3.8) is 0 Å². The largest absolute Gasteiger partial charge is 0.473 e. The van der Waals surface area contributed by atoms with E-state index in [0.29, 0.717) is 57.2 Å². The van der Waals surface area contributed by atoms with Gasteiger partial charge in [-0.15, -0.1) is 5.10 Å². The average Bonchev–Trinajstić information content (AvgIpc) is 3.26. The molecule has 1 unspecified atom stereocenters. The Balaban J connectivity index is 1.11. The first-order valence-electron chi connectivity index (χ1n) is 12.6. The number of nitrogens with one attached hydrogen (secondary N) is 2. The first-order valence-corrected chi connectivity index (χ1v) is 12.6. The number of likely N-dealkylation sites (N-methyl/N-ethyl adjacent to an activating group) is 1. The predicted octanol–water partition coefficient (Wildman–Crippen LogP) is 2.16. The molecule has 7 rings (SSSR count). The van der Waals surface area contributed by atoms with Crippen LogP contribution in [0.4, 0.5) is 18.0 Å². The van der Waals surface area contributed by atoms with Crippen LogP contribution in [0.15, 0.2) is 35.8 Å². The number of aliphatic hydroxyl groups is 1. The lowest BCUT2D eigenvalue weighted by atomic mass is 9.37. The lowest BCUT2D eigenvalue weighted by Gasteiger charge is -2.73. The minimum Gasteiger partial charge on any atom is -0.473 e. The fourth-order valence-corrected chi connectivity index (χ4v) is 5.95. The zero-order chi connectivity index (χ0) is 27.6. The van der Waals surface area contributed by atoms with Crippen LogP contribution in [-0.4, -0.2) is 101 Å². The highest BCUT2D eigenvalue weighted by Crippen LogP contribution is 2.70. The summed E-state index contributed by atoms with van der Waals surface area (Å²) in [5.41, 5.74) is -0.131. The fraction of sp³-hybridized carbons (Fsp3) is 0.560. The van der Waals surface area contributed by atoms with Gasteiger partial charge >= 0.3 is 12.2 Å². The Morgan fingerprint density at radius 1 is 1.36 bits per heavy atom. The summed E-state index contributed by atoms with van der Waals surface area (Å²) in [4.78, 5) is 20.0. The van der Waals surface area contributed by atoms with Crippen LogP contribution in [0.25, 0.3) is 11.0 Å². The summed E-state index contributed by atoms with van der Waals surface area (Å²) in [5.74, 6) is 0.433. The molecule has 2 atom stereocenters. The number of fused-ring (bicyclic) bond motifs is 1. The maximum atomic E-state index is 13.2. The first kappa shape index (κ1) is 25.9. The smallest absolute Gasteiger partial charge is 0.417 e. The van der Waals surface area contributed by atoms with Crippen LogP contribution >= 0.6 is 0 Å². The van der Waals surface area contributed by atoms with Gasteiger partial charge in [0.05, 0.1) is 36.5 Å². The van der Waals surface area contributed by atoms with Gasteiger partial charge in [-0.2, -0.15) is 13.2 Å². The normalized spacial score (nSPS) is 30.2. The monoisotopic (exact) mass is 550 g/mol. The zero-order valence-electron chi connectivity index (χ0n) is 21.4. The Bertz CT molecular complexity index is 1330. The van der Waals surface area contributed by atoms with Crippen molar-refractivity contribution in [1.82, 2.24) is 30.3 Å². The van der Waals surface area contributed by atoms with Crippen molar-refractivity contribution in [3.8, 4) is 5.88 Å². The molecule has 1 saturated heterocycles. The molecular formula is C25H29F3N6O5. The van der Waals surface area contributed by atoms with E-state index in [2.05, 4.69) is 20.5 Å². The Morgan fingerprint density at radius 3 is 2.82 bits per heavy atom. The van der Waals surface area contributed by atoms with Gasteiger partial charge in [0, 0.05) is 37.4 Å². The third-order valence-corrected chi connectivity index (χ3v) is 8.20. The number of nitrogens with zero attached hydrogens (tertiary/aromatic N) is 4. The topological polar surface area (TPSA) is 125 Å². The van der Waals surface area contributed by atoms with Crippen molar-refractivity contribution in [1.29, 1.82) is 0 Å². The minimum atomic E-state index is -4.61. The van der Waals surface area contributed by atoms with Gasteiger partial charge in [0.15, 0.2) is 11.9 Å². The number of pyridine rings is 1. The Morgan fingerprint density at radius 2 is 2.13 bits per heavy atom. The number of rotatable bonds is 6. The summed E-state index contributed by atoms with van der Waals surface area (Å²) in [6, 6.07) is 1.44. The molecule has 2 bridgehead atoms. The van der Waals surface area contributed by atoms with Gasteiger partial charge in [-0.3, -0.25) is 5.10 Å². The van der Waals surface area contributed by atoms with E-state index in [0.717, 1.165) is 28.1 Å². The molecule has 4 heterocycles. The molecule has 2 amide bonds. The van der Waals surface area contributed by atoms with E-state index in [4.69, 9.17) is 14.2 Å². The molecule has 5 aliphatic rings. The Kier molecular flexibility index (Phi) is 6.04. The maximum Gasteiger partial charge on any atom is 0.417 e. The molecule has 210 valence electrons. The predicted molar refractivity (Wildman–Crippen MR) is 130 cm³/mol. The van der Waals surface area contributed by atoms with Gasteiger partial charge < -0.3 is 34.4 Å². The van der Waals surface area contributed by atoms with E-state index < -0.39 is 29.5 Å². The molecule has 14 heteroatoms. The molecule has 2 aromatic heterocycles. The third-order valence-electron chi connectivity index (χ3n) is 8.20. The van der Waals surface area contributed by atoms with Crippen molar-refractivity contribution in [3.05, 3.63) is 41.4 Å². The number of aromatic nitrogens is 3. The number of carbonyl (C=O) groups is 1. The molecule has 11 nitrogen and oxygen atoms in total. The van der Waals surface area contributed by atoms with Crippen LogP contribution in [0.1, 0.15) is 24.8 Å². The summed E-state index contributed by atoms with van der Waals surface area (Å²) in [6.45, 7) is 1.87. The van der Waals surface area contributed by atoms with E-state index in [9.17, 15) is 23.1 Å². The van der Waals surface area contributed by atoms with Gasteiger partial charge in [-0.25, -0.2) is 9.78 Å². The number of halogens is 3. The Labute approximate surface area is 221 Å². The molecule has 3 N–H and O–H groups in total. The number of H-pyrrole nitrogens is 1. The van der Waals surface area contributed by atoms with E-state index in [1.807, 2.05) is 6.07 Å². The van der Waals surface area contributed by atoms with Crippen LogP contribution in [0.3, 0.4) is 0 Å². The van der Waals surface area contributed by atoms with Crippen molar-refractivity contribution < 1.29 is 37.3 Å². The molecule has 3 saturated carbocycles. The van der Waals surface area contributed by atoms with Crippen LogP contribution in [0.5, 0.6) is 5.88 Å². The molecule has 3 aliphatic carbocycles. The highest BCUT2D eigenvalue weighted by atomic mass is 19.4. The number of ether oxygens (including phenoxy) is 3. The van der Waals surface area contributed by atoms with Crippen molar-refractivity contribution in [2.24, 2.45) is 0 Å². The number of aliphatic hydroxyl groups excluding tert-OH is 1. The van der Waals surface area contributed by atoms with Crippen molar-refractivity contribution in [2.75, 3.05) is 40.5 Å². The standard InChI is InChI=1S/C25H29F3N6O5/c1-33-8-15(25(26,27)28)6-18(21(33)35)30-22(36)34(2)24-11-23(12-24,13-24)14-5-17-19(29-7-14)31-32-20(17)39-10-16-9-37-3-4-38-16/h5-8,16,21,35H,3-4,9-13H2,1-2H3,(H,30,36)(H,29,31,32)/t16-,21?,23?,24?/m1/s1. The molecule has 4 fully saturated rings. The SMILES string of the molecule is CN1C=C(C(F)(F)F)C=C(NC(=O)N(C)C23CC(c4cnc5[nH]nc(OC[C@H]6COCCO6)c5c4)(C2)C3)C1O. The molecular weight excluding hydrogens is 521 g/mol. The number of allylic oxidation sites excluding steroid dienone is 2. The molecule has 2 aliphatic heterocycles. The summed E-state index contributed by atoms with van der Waals surface area (Å²) in [5, 5.41) is 20.7. The van der Waals surface area contributed by atoms with E-state index >= 15 is 0 Å². The minimum absolute atomic E-state index is 0.152. The van der Waals surface area contributed by atoms with E-state index in [1.54, 1.807) is 13.2 Å². The van der Waals surface area contributed by atoms with Gasteiger partial charge in [0.2, 0.25) is 5.88 Å². The number of aromatic amines is 1. The first-order chi connectivity index (χ1) is 18.5. The summed E-state index contributed by atoms with van der Waals surface area (Å²) < 4.78 is 56.6. The summed E-state index contributed by atoms with van der Waals surface area (Å²) in [6.07, 6.45) is -0.738.